The first-order valence-electron chi connectivity index (χ1n) is 7.31. The number of halogens is 3. The van der Waals surface area contributed by atoms with Crippen molar-refractivity contribution in [1.29, 1.82) is 0 Å². The fourth-order valence-corrected chi connectivity index (χ4v) is 3.16. The Bertz CT molecular complexity index is 566. The highest BCUT2D eigenvalue weighted by atomic mass is 32.2. The predicted octanol–water partition coefficient (Wildman–Crippen LogP) is 2.65. The first-order chi connectivity index (χ1) is 10.3. The molecule has 0 saturated heterocycles. The van der Waals surface area contributed by atoms with Gasteiger partial charge in [-0.1, -0.05) is 11.8 Å². The van der Waals surface area contributed by atoms with Crippen molar-refractivity contribution in [3.63, 3.8) is 0 Å². The summed E-state index contributed by atoms with van der Waals surface area (Å²) in [7, 11) is 0. The van der Waals surface area contributed by atoms with Crippen LogP contribution in [0, 0.1) is 0 Å². The molecule has 2 fully saturated rings. The van der Waals surface area contributed by atoms with Crippen LogP contribution in [0.2, 0.25) is 0 Å². The van der Waals surface area contributed by atoms with E-state index in [0.29, 0.717) is 17.1 Å². The van der Waals surface area contributed by atoms with Crippen LogP contribution in [0.4, 0.5) is 13.2 Å². The van der Waals surface area contributed by atoms with Crippen molar-refractivity contribution in [3.8, 4) is 0 Å². The Hall–Kier alpha value is -1.25. The third-order valence-corrected chi connectivity index (χ3v) is 4.72. The van der Waals surface area contributed by atoms with Gasteiger partial charge < -0.3 is 9.88 Å². The van der Waals surface area contributed by atoms with Gasteiger partial charge in [-0.2, -0.15) is 13.2 Å². The second-order valence-corrected chi connectivity index (χ2v) is 7.12. The molecule has 3 rings (SSSR count). The second kappa shape index (κ2) is 5.75. The van der Waals surface area contributed by atoms with Gasteiger partial charge >= 0.3 is 6.18 Å². The van der Waals surface area contributed by atoms with E-state index in [1.165, 1.54) is 11.8 Å². The molecule has 1 aromatic rings. The molecule has 9 heteroatoms. The number of alkyl halides is 3. The monoisotopic (exact) mass is 334 g/mol. The number of thioether (sulfide) groups is 1. The molecule has 5 nitrogen and oxygen atoms in total. The Kier molecular flexibility index (Phi) is 4.09. The average molecular weight is 334 g/mol. The number of rotatable bonds is 6. The quantitative estimate of drug-likeness (QED) is 0.813. The molecular formula is C13H17F3N4OS. The molecule has 0 spiro atoms. The van der Waals surface area contributed by atoms with Crippen molar-refractivity contribution in [2.75, 3.05) is 6.54 Å². The van der Waals surface area contributed by atoms with Crippen molar-refractivity contribution in [1.82, 2.24) is 20.1 Å². The summed E-state index contributed by atoms with van der Waals surface area (Å²) in [6.45, 7) is 0.276. The van der Waals surface area contributed by atoms with Gasteiger partial charge in [-0.05, 0) is 32.6 Å². The lowest BCUT2D eigenvalue weighted by atomic mass is 10.4. The standard InChI is InChI=1S/C13H17F3N4OS/c1-7(11(21)17-6-13(14,15)16)22-12-19-18-10(8-2-3-8)20(12)9-4-5-9/h7-9H,2-6H2,1H3,(H,17,21). The van der Waals surface area contributed by atoms with Gasteiger partial charge in [-0.25, -0.2) is 0 Å². The Morgan fingerprint density at radius 1 is 1.36 bits per heavy atom. The van der Waals surface area contributed by atoms with Gasteiger partial charge in [0.05, 0.1) is 5.25 Å². The van der Waals surface area contributed by atoms with Gasteiger partial charge in [0.25, 0.3) is 0 Å². The molecule has 1 N–H and O–H groups in total. The van der Waals surface area contributed by atoms with Crippen LogP contribution in [-0.4, -0.2) is 38.6 Å². The fourth-order valence-electron chi connectivity index (χ4n) is 2.21. The normalized spacial score (nSPS) is 20.0. The van der Waals surface area contributed by atoms with E-state index < -0.39 is 23.9 Å². The Balaban J connectivity index is 1.64. The first kappa shape index (κ1) is 15.6. The molecule has 122 valence electrons. The molecule has 2 saturated carbocycles. The number of carbonyl (C=O) groups is 1. The van der Waals surface area contributed by atoms with Gasteiger partial charge in [0, 0.05) is 12.0 Å². The fraction of sp³-hybridized carbons (Fsp3) is 0.769. The summed E-state index contributed by atoms with van der Waals surface area (Å²) < 4.78 is 38.5. The highest BCUT2D eigenvalue weighted by molar-refractivity contribution is 8.00. The van der Waals surface area contributed by atoms with Gasteiger partial charge in [0.2, 0.25) is 5.91 Å². The van der Waals surface area contributed by atoms with E-state index in [-0.39, 0.29) is 0 Å². The van der Waals surface area contributed by atoms with E-state index in [9.17, 15) is 18.0 Å². The summed E-state index contributed by atoms with van der Waals surface area (Å²) in [5.74, 6) is 0.783. The zero-order valence-electron chi connectivity index (χ0n) is 12.1. The lowest BCUT2D eigenvalue weighted by molar-refractivity contribution is -0.137. The number of hydrogen-bond acceptors (Lipinski definition) is 4. The maximum absolute atomic E-state index is 12.1. The smallest absolute Gasteiger partial charge is 0.346 e. The lowest BCUT2D eigenvalue weighted by Gasteiger charge is -2.14. The summed E-state index contributed by atoms with van der Waals surface area (Å²) in [5, 5.41) is 10.3. The number of carbonyl (C=O) groups excluding carboxylic acids is 1. The van der Waals surface area contributed by atoms with Gasteiger partial charge in [0.1, 0.15) is 12.4 Å². The summed E-state index contributed by atoms with van der Waals surface area (Å²) in [4.78, 5) is 11.8. The maximum atomic E-state index is 12.1. The van der Waals surface area contributed by atoms with Gasteiger partial charge in [-0.15, -0.1) is 10.2 Å². The van der Waals surface area contributed by atoms with Crippen LogP contribution >= 0.6 is 11.8 Å². The molecule has 0 aromatic carbocycles. The third kappa shape index (κ3) is 3.74. The second-order valence-electron chi connectivity index (χ2n) is 5.81. The van der Waals surface area contributed by atoms with E-state index in [1.807, 2.05) is 5.32 Å². The van der Waals surface area contributed by atoms with Crippen molar-refractivity contribution in [2.24, 2.45) is 0 Å². The van der Waals surface area contributed by atoms with E-state index >= 15 is 0 Å². The summed E-state index contributed by atoms with van der Waals surface area (Å²) in [5.41, 5.74) is 0. The molecule has 2 aliphatic carbocycles. The summed E-state index contributed by atoms with van der Waals surface area (Å²) in [6.07, 6.45) is -0.0402. The number of amides is 1. The minimum atomic E-state index is -4.40. The average Bonchev–Trinajstić information content (AvgIpc) is 3.34. The molecule has 0 bridgehead atoms. The van der Waals surface area contributed by atoms with Crippen LogP contribution < -0.4 is 5.32 Å². The summed E-state index contributed by atoms with van der Waals surface area (Å²) in [6, 6.07) is 0.388. The van der Waals surface area contributed by atoms with E-state index in [4.69, 9.17) is 0 Å². The van der Waals surface area contributed by atoms with Crippen LogP contribution in [0.5, 0.6) is 0 Å². The van der Waals surface area contributed by atoms with E-state index in [0.717, 1.165) is 31.5 Å². The van der Waals surface area contributed by atoms with Crippen LogP contribution in [-0.2, 0) is 4.79 Å². The topological polar surface area (TPSA) is 59.8 Å². The third-order valence-electron chi connectivity index (χ3n) is 3.66. The first-order valence-corrected chi connectivity index (χ1v) is 8.19. The minimum Gasteiger partial charge on any atom is -0.346 e. The van der Waals surface area contributed by atoms with Gasteiger partial charge in [0.15, 0.2) is 5.16 Å². The molecule has 1 atom stereocenters. The largest absolute Gasteiger partial charge is 0.405 e. The summed E-state index contributed by atoms with van der Waals surface area (Å²) >= 11 is 1.17. The van der Waals surface area contributed by atoms with Crippen LogP contribution in [0.15, 0.2) is 5.16 Å². The maximum Gasteiger partial charge on any atom is 0.405 e. The molecule has 1 heterocycles. The zero-order chi connectivity index (χ0) is 15.9. The molecule has 22 heavy (non-hydrogen) atoms. The Morgan fingerprint density at radius 2 is 2.05 bits per heavy atom. The predicted molar refractivity (Wildman–Crippen MR) is 74.7 cm³/mol. The number of nitrogens with one attached hydrogen (secondary N) is 1. The molecule has 1 amide bonds. The SMILES string of the molecule is CC(Sc1nnc(C2CC2)n1C1CC1)C(=O)NCC(F)(F)F. The zero-order valence-corrected chi connectivity index (χ0v) is 12.9. The number of hydrogen-bond donors (Lipinski definition) is 1. The lowest BCUT2D eigenvalue weighted by Crippen LogP contribution is -2.38. The minimum absolute atomic E-state index is 0.388. The van der Waals surface area contributed by atoms with Crippen LogP contribution in [0.1, 0.15) is 50.4 Å². The molecule has 1 unspecified atom stereocenters. The molecule has 1 aromatic heterocycles. The van der Waals surface area contributed by atoms with E-state index in [2.05, 4.69) is 14.8 Å². The molecule has 2 aliphatic rings. The highest BCUT2D eigenvalue weighted by Crippen LogP contribution is 2.46. The van der Waals surface area contributed by atoms with Gasteiger partial charge in [-0.3, -0.25) is 4.79 Å². The molecule has 0 aliphatic heterocycles. The molecule has 0 radical (unpaired) electrons. The van der Waals surface area contributed by atoms with Crippen molar-refractivity contribution in [3.05, 3.63) is 5.82 Å². The van der Waals surface area contributed by atoms with Crippen LogP contribution in [0.25, 0.3) is 0 Å². The Morgan fingerprint density at radius 3 is 2.59 bits per heavy atom. The van der Waals surface area contributed by atoms with Crippen LogP contribution in [0.3, 0.4) is 0 Å². The number of aromatic nitrogens is 3. The Labute approximate surface area is 130 Å². The van der Waals surface area contributed by atoms with E-state index in [1.54, 1.807) is 6.92 Å². The van der Waals surface area contributed by atoms with Crippen molar-refractivity contribution >= 4 is 17.7 Å². The number of nitrogens with zero attached hydrogens (tertiary/aromatic N) is 3. The molecular weight excluding hydrogens is 317 g/mol. The van der Waals surface area contributed by atoms with Crippen molar-refractivity contribution in [2.45, 2.75) is 61.1 Å². The highest BCUT2D eigenvalue weighted by Gasteiger charge is 2.37. The van der Waals surface area contributed by atoms with Crippen molar-refractivity contribution < 1.29 is 18.0 Å².